The van der Waals surface area contributed by atoms with E-state index in [2.05, 4.69) is 21.2 Å². The van der Waals surface area contributed by atoms with E-state index in [9.17, 15) is 9.59 Å². The molecule has 1 aliphatic rings. The smallest absolute Gasteiger partial charge is 0.252 e. The minimum absolute atomic E-state index is 0.0335. The molecule has 0 bridgehead atoms. The van der Waals surface area contributed by atoms with Crippen LogP contribution in [0.15, 0.2) is 22.7 Å². The maximum Gasteiger partial charge on any atom is 0.252 e. The Bertz CT molecular complexity index is 523. The standard InChI is InChI=1S/C15H19BrN2O2/c1-9-2-7-13(16)12(8-9)15(20)18-11-5-3-10(4-6-11)14(17)19/h2,7-8,10-11H,3-6H2,1H3,(H2,17,19)(H,18,20). The normalized spacial score (nSPS) is 22.3. The van der Waals surface area contributed by atoms with Crippen LogP contribution in [0.25, 0.3) is 0 Å². The zero-order chi connectivity index (χ0) is 14.7. The number of primary amides is 1. The highest BCUT2D eigenvalue weighted by atomic mass is 79.9. The summed E-state index contributed by atoms with van der Waals surface area (Å²) in [4.78, 5) is 23.4. The van der Waals surface area contributed by atoms with E-state index in [4.69, 9.17) is 5.73 Å². The molecule has 1 fully saturated rings. The van der Waals surface area contributed by atoms with Crippen molar-refractivity contribution >= 4 is 27.7 Å². The molecule has 5 heteroatoms. The van der Waals surface area contributed by atoms with Crippen LogP contribution in [0.4, 0.5) is 0 Å². The fourth-order valence-corrected chi connectivity index (χ4v) is 3.03. The van der Waals surface area contributed by atoms with Gasteiger partial charge in [0, 0.05) is 16.4 Å². The lowest BCUT2D eigenvalue weighted by Crippen LogP contribution is -2.39. The van der Waals surface area contributed by atoms with Crippen molar-refractivity contribution in [3.63, 3.8) is 0 Å². The van der Waals surface area contributed by atoms with E-state index < -0.39 is 0 Å². The molecule has 0 spiro atoms. The number of carbonyl (C=O) groups is 2. The SMILES string of the molecule is Cc1ccc(Br)c(C(=O)NC2CCC(C(N)=O)CC2)c1. The van der Waals surface area contributed by atoms with Gasteiger partial charge in [-0.15, -0.1) is 0 Å². The number of hydrogen-bond acceptors (Lipinski definition) is 2. The first-order chi connectivity index (χ1) is 9.47. The van der Waals surface area contributed by atoms with Gasteiger partial charge in [-0.05, 0) is 60.7 Å². The Morgan fingerprint density at radius 3 is 2.50 bits per heavy atom. The number of carbonyl (C=O) groups excluding carboxylic acids is 2. The molecule has 3 N–H and O–H groups in total. The molecule has 4 nitrogen and oxygen atoms in total. The van der Waals surface area contributed by atoms with Gasteiger partial charge in [-0.1, -0.05) is 11.6 Å². The maximum atomic E-state index is 12.3. The molecule has 2 amide bonds. The summed E-state index contributed by atoms with van der Waals surface area (Å²) in [5.74, 6) is -0.326. The fourth-order valence-electron chi connectivity index (χ4n) is 2.60. The minimum atomic E-state index is -0.226. The number of nitrogens with one attached hydrogen (secondary N) is 1. The van der Waals surface area contributed by atoms with Crippen molar-refractivity contribution in [3.8, 4) is 0 Å². The Labute approximate surface area is 127 Å². The second-order valence-corrected chi connectivity index (χ2v) is 6.26. The van der Waals surface area contributed by atoms with Crippen molar-refractivity contribution in [2.45, 2.75) is 38.6 Å². The number of benzene rings is 1. The number of amides is 2. The summed E-state index contributed by atoms with van der Waals surface area (Å²) in [6.07, 6.45) is 3.14. The summed E-state index contributed by atoms with van der Waals surface area (Å²) in [5, 5.41) is 3.04. The molecule has 0 aliphatic heterocycles. The van der Waals surface area contributed by atoms with Crippen LogP contribution in [-0.2, 0) is 4.79 Å². The zero-order valence-corrected chi connectivity index (χ0v) is 13.1. The van der Waals surface area contributed by atoms with Crippen LogP contribution in [0.2, 0.25) is 0 Å². The van der Waals surface area contributed by atoms with E-state index in [1.807, 2.05) is 25.1 Å². The molecule has 1 aromatic rings. The highest BCUT2D eigenvalue weighted by molar-refractivity contribution is 9.10. The first-order valence-corrected chi connectivity index (χ1v) is 7.63. The van der Waals surface area contributed by atoms with Crippen LogP contribution in [0.5, 0.6) is 0 Å². The average molecular weight is 339 g/mol. The Morgan fingerprint density at radius 2 is 1.90 bits per heavy atom. The first kappa shape index (κ1) is 15.0. The molecule has 0 unspecified atom stereocenters. The molecule has 1 saturated carbocycles. The van der Waals surface area contributed by atoms with Gasteiger partial charge in [-0.3, -0.25) is 9.59 Å². The molecule has 20 heavy (non-hydrogen) atoms. The summed E-state index contributed by atoms with van der Waals surface area (Å²) in [6, 6.07) is 5.84. The van der Waals surface area contributed by atoms with Gasteiger partial charge in [0.05, 0.1) is 5.56 Å². The van der Waals surface area contributed by atoms with Crippen LogP contribution in [-0.4, -0.2) is 17.9 Å². The van der Waals surface area contributed by atoms with Crippen molar-refractivity contribution in [1.29, 1.82) is 0 Å². The number of nitrogens with two attached hydrogens (primary N) is 1. The number of halogens is 1. The Balaban J connectivity index is 1.96. The minimum Gasteiger partial charge on any atom is -0.369 e. The highest BCUT2D eigenvalue weighted by Gasteiger charge is 2.26. The third kappa shape index (κ3) is 3.60. The molecular formula is C15H19BrN2O2. The van der Waals surface area contributed by atoms with Gasteiger partial charge in [0.15, 0.2) is 0 Å². The average Bonchev–Trinajstić information content (AvgIpc) is 2.42. The van der Waals surface area contributed by atoms with E-state index in [1.165, 1.54) is 0 Å². The van der Waals surface area contributed by atoms with Crippen LogP contribution in [0.1, 0.15) is 41.6 Å². The van der Waals surface area contributed by atoms with Gasteiger partial charge in [0.1, 0.15) is 0 Å². The molecule has 1 aliphatic carbocycles. The lowest BCUT2D eigenvalue weighted by atomic mass is 9.85. The summed E-state index contributed by atoms with van der Waals surface area (Å²) in [7, 11) is 0. The van der Waals surface area contributed by atoms with E-state index in [0.717, 1.165) is 35.7 Å². The predicted molar refractivity (Wildman–Crippen MR) is 81.3 cm³/mol. The topological polar surface area (TPSA) is 72.2 Å². The lowest BCUT2D eigenvalue weighted by Gasteiger charge is -2.27. The van der Waals surface area contributed by atoms with Gasteiger partial charge in [-0.2, -0.15) is 0 Å². The first-order valence-electron chi connectivity index (χ1n) is 6.83. The fraction of sp³-hybridized carbons (Fsp3) is 0.467. The molecule has 0 heterocycles. The second kappa shape index (κ2) is 6.39. The molecule has 0 atom stereocenters. The Kier molecular flexibility index (Phi) is 4.81. The predicted octanol–water partition coefficient (Wildman–Crippen LogP) is 2.53. The lowest BCUT2D eigenvalue weighted by molar-refractivity contribution is -0.122. The van der Waals surface area contributed by atoms with Gasteiger partial charge in [0.25, 0.3) is 5.91 Å². The molecule has 2 rings (SSSR count). The number of rotatable bonds is 3. The molecule has 0 aromatic heterocycles. The van der Waals surface area contributed by atoms with Crippen LogP contribution >= 0.6 is 15.9 Å². The van der Waals surface area contributed by atoms with Crippen molar-refractivity contribution in [2.75, 3.05) is 0 Å². The van der Waals surface area contributed by atoms with Crippen molar-refractivity contribution in [1.82, 2.24) is 5.32 Å². The zero-order valence-electron chi connectivity index (χ0n) is 11.5. The van der Waals surface area contributed by atoms with E-state index in [-0.39, 0.29) is 23.8 Å². The molecule has 1 aromatic carbocycles. The van der Waals surface area contributed by atoms with Crippen LogP contribution in [0.3, 0.4) is 0 Å². The van der Waals surface area contributed by atoms with Gasteiger partial charge >= 0.3 is 0 Å². The third-order valence-electron chi connectivity index (χ3n) is 3.83. The van der Waals surface area contributed by atoms with Crippen LogP contribution < -0.4 is 11.1 Å². The summed E-state index contributed by atoms with van der Waals surface area (Å²) >= 11 is 3.40. The van der Waals surface area contributed by atoms with Crippen molar-refractivity contribution in [3.05, 3.63) is 33.8 Å². The summed E-state index contributed by atoms with van der Waals surface area (Å²) in [6.45, 7) is 1.96. The second-order valence-electron chi connectivity index (χ2n) is 5.41. The van der Waals surface area contributed by atoms with Crippen molar-refractivity contribution < 1.29 is 9.59 Å². The number of aryl methyl sites for hydroxylation is 1. The number of hydrogen-bond donors (Lipinski definition) is 2. The van der Waals surface area contributed by atoms with E-state index in [1.54, 1.807) is 0 Å². The molecular weight excluding hydrogens is 320 g/mol. The highest BCUT2D eigenvalue weighted by Crippen LogP contribution is 2.25. The quantitative estimate of drug-likeness (QED) is 0.888. The van der Waals surface area contributed by atoms with Gasteiger partial charge < -0.3 is 11.1 Å². The van der Waals surface area contributed by atoms with E-state index >= 15 is 0 Å². The Hall–Kier alpha value is -1.36. The molecule has 108 valence electrons. The van der Waals surface area contributed by atoms with E-state index in [0.29, 0.717) is 5.56 Å². The molecule has 0 radical (unpaired) electrons. The van der Waals surface area contributed by atoms with Crippen LogP contribution in [0, 0.1) is 12.8 Å². The monoisotopic (exact) mass is 338 g/mol. The van der Waals surface area contributed by atoms with Crippen molar-refractivity contribution in [2.24, 2.45) is 11.7 Å². The largest absolute Gasteiger partial charge is 0.369 e. The summed E-state index contributed by atoms with van der Waals surface area (Å²) < 4.78 is 0.798. The summed E-state index contributed by atoms with van der Waals surface area (Å²) in [5.41, 5.74) is 7.02. The third-order valence-corrected chi connectivity index (χ3v) is 4.52. The maximum absolute atomic E-state index is 12.3. The Morgan fingerprint density at radius 1 is 1.25 bits per heavy atom. The van der Waals surface area contributed by atoms with Gasteiger partial charge in [0.2, 0.25) is 5.91 Å². The molecule has 0 saturated heterocycles. The van der Waals surface area contributed by atoms with Gasteiger partial charge in [-0.25, -0.2) is 0 Å².